The summed E-state index contributed by atoms with van der Waals surface area (Å²) in [7, 11) is 0. The van der Waals surface area contributed by atoms with Gasteiger partial charge in [0, 0.05) is 5.41 Å². The molecule has 0 heteroatoms. The molecule has 7 atom stereocenters. The molecule has 47 heavy (non-hydrogen) atoms. The van der Waals surface area contributed by atoms with Gasteiger partial charge in [0.25, 0.3) is 0 Å². The maximum atomic E-state index is 2.75. The van der Waals surface area contributed by atoms with Crippen LogP contribution in [0.5, 0.6) is 0 Å². The molecule has 0 N–H and O–H groups in total. The van der Waals surface area contributed by atoms with Gasteiger partial charge in [0.1, 0.15) is 0 Å². The van der Waals surface area contributed by atoms with E-state index < -0.39 is 0 Å². The quantitative estimate of drug-likeness (QED) is 0.306. The standard InChI is InChI=1S/C47H79/c1-34-27-29-35(30-28-34)45(43(8,9)10)31-19-18-26-40(45)46(38-24-16-14-22-36(38)41(2,3)4)32-20-21-33-47(46,44(11,12)13)39-25-17-15-23-37(39)42(5,6)7/h27-30,36-39H,14-26,31-33H2,1-13H3/t36?,37?,38?,39?,45-,46-,47?/m1/s1. The molecular formula is C47H79. The summed E-state index contributed by atoms with van der Waals surface area (Å²) in [5.41, 5.74) is 4.80. The molecule has 1 aromatic rings. The highest BCUT2D eigenvalue weighted by atomic mass is 14.8. The van der Waals surface area contributed by atoms with Crippen molar-refractivity contribution in [3.63, 3.8) is 0 Å². The van der Waals surface area contributed by atoms with E-state index in [4.69, 9.17) is 0 Å². The molecule has 0 aliphatic heterocycles. The lowest BCUT2D eigenvalue weighted by atomic mass is 9.29. The molecule has 4 aliphatic rings. The molecule has 5 rings (SSSR count). The van der Waals surface area contributed by atoms with Gasteiger partial charge >= 0.3 is 0 Å². The first-order valence-electron chi connectivity index (χ1n) is 20.7. The molecule has 4 fully saturated rings. The molecule has 0 saturated heterocycles. The van der Waals surface area contributed by atoms with Crippen LogP contribution < -0.4 is 0 Å². The van der Waals surface area contributed by atoms with Crippen molar-refractivity contribution < 1.29 is 0 Å². The summed E-state index contributed by atoms with van der Waals surface area (Å²) in [6.45, 7) is 34.2. The second-order valence-electron chi connectivity index (χ2n) is 21.8. The Hall–Kier alpha value is -0.780. The molecule has 1 radical (unpaired) electrons. The van der Waals surface area contributed by atoms with E-state index in [-0.39, 0.29) is 21.7 Å². The van der Waals surface area contributed by atoms with Crippen LogP contribution >= 0.6 is 0 Å². The molecule has 4 saturated carbocycles. The van der Waals surface area contributed by atoms with E-state index in [2.05, 4.69) is 120 Å². The molecule has 0 nitrogen and oxygen atoms in total. The third-order valence-electron chi connectivity index (χ3n) is 15.7. The number of aryl methyl sites for hydroxylation is 1. The van der Waals surface area contributed by atoms with Gasteiger partial charge in [0.2, 0.25) is 0 Å². The Morgan fingerprint density at radius 3 is 1.53 bits per heavy atom. The monoisotopic (exact) mass is 644 g/mol. The highest BCUT2D eigenvalue weighted by Crippen LogP contribution is 2.79. The van der Waals surface area contributed by atoms with Crippen molar-refractivity contribution in [3.05, 3.63) is 41.3 Å². The fourth-order valence-electron chi connectivity index (χ4n) is 14.1. The van der Waals surface area contributed by atoms with Gasteiger partial charge in [-0.25, -0.2) is 0 Å². The lowest BCUT2D eigenvalue weighted by Crippen LogP contribution is -2.69. The van der Waals surface area contributed by atoms with Crippen molar-refractivity contribution in [2.75, 3.05) is 0 Å². The van der Waals surface area contributed by atoms with Crippen LogP contribution in [0.3, 0.4) is 0 Å². The molecule has 1 aromatic carbocycles. The molecule has 4 aliphatic carbocycles. The van der Waals surface area contributed by atoms with Crippen LogP contribution in [0.4, 0.5) is 0 Å². The molecular weight excluding hydrogens is 565 g/mol. The summed E-state index contributed by atoms with van der Waals surface area (Å²) < 4.78 is 0. The first-order valence-corrected chi connectivity index (χ1v) is 20.7. The van der Waals surface area contributed by atoms with Gasteiger partial charge < -0.3 is 0 Å². The predicted molar refractivity (Wildman–Crippen MR) is 207 cm³/mol. The molecule has 267 valence electrons. The topological polar surface area (TPSA) is 0 Å². The largest absolute Gasteiger partial charge is 0.0599 e. The summed E-state index contributed by atoms with van der Waals surface area (Å²) in [6.07, 6.45) is 22.7. The number of rotatable bonds is 4. The van der Waals surface area contributed by atoms with E-state index in [0.717, 1.165) is 23.7 Å². The summed E-state index contributed by atoms with van der Waals surface area (Å²) in [4.78, 5) is 0. The third kappa shape index (κ3) is 6.15. The van der Waals surface area contributed by atoms with Crippen LogP contribution in [0.1, 0.15) is 197 Å². The van der Waals surface area contributed by atoms with Crippen LogP contribution in [-0.2, 0) is 5.41 Å². The summed E-state index contributed by atoms with van der Waals surface area (Å²) in [5, 5.41) is 0. The Morgan fingerprint density at radius 2 is 1.00 bits per heavy atom. The second kappa shape index (κ2) is 13.1. The average Bonchev–Trinajstić information content (AvgIpc) is 2.99. The van der Waals surface area contributed by atoms with Crippen LogP contribution in [0, 0.1) is 69.0 Å². The third-order valence-corrected chi connectivity index (χ3v) is 15.7. The minimum atomic E-state index is 0.110. The Labute approximate surface area is 294 Å². The Kier molecular flexibility index (Phi) is 10.4. The highest BCUT2D eigenvalue weighted by molar-refractivity contribution is 5.44. The van der Waals surface area contributed by atoms with Gasteiger partial charge in [0.05, 0.1) is 0 Å². The second-order valence-corrected chi connectivity index (χ2v) is 21.8. The van der Waals surface area contributed by atoms with E-state index >= 15 is 0 Å². The Morgan fingerprint density at radius 1 is 0.511 bits per heavy atom. The molecule has 0 amide bonds. The maximum absolute atomic E-state index is 2.75. The zero-order valence-electron chi connectivity index (χ0n) is 33.9. The maximum Gasteiger partial charge on any atom is 0.00693 e. The fourth-order valence-corrected chi connectivity index (χ4v) is 14.1. The smallest absolute Gasteiger partial charge is 0.00693 e. The van der Waals surface area contributed by atoms with Crippen molar-refractivity contribution in [1.29, 1.82) is 0 Å². The van der Waals surface area contributed by atoms with Crippen LogP contribution in [0.2, 0.25) is 0 Å². The number of benzene rings is 1. The number of hydrogen-bond donors (Lipinski definition) is 0. The van der Waals surface area contributed by atoms with E-state index in [1.54, 1.807) is 5.56 Å². The molecule has 0 spiro atoms. The van der Waals surface area contributed by atoms with Gasteiger partial charge in [-0.2, -0.15) is 0 Å². The predicted octanol–water partition coefficient (Wildman–Crippen LogP) is 14.7. The zero-order valence-corrected chi connectivity index (χ0v) is 33.9. The van der Waals surface area contributed by atoms with Gasteiger partial charge in [-0.1, -0.05) is 164 Å². The first-order chi connectivity index (χ1) is 21.7. The minimum Gasteiger partial charge on any atom is -0.0599 e. The van der Waals surface area contributed by atoms with Gasteiger partial charge in [0.15, 0.2) is 0 Å². The van der Waals surface area contributed by atoms with Crippen molar-refractivity contribution >= 4 is 0 Å². The minimum absolute atomic E-state index is 0.110. The van der Waals surface area contributed by atoms with Gasteiger partial charge in [-0.3, -0.25) is 0 Å². The zero-order chi connectivity index (χ0) is 34.7. The number of hydrogen-bond acceptors (Lipinski definition) is 0. The molecule has 0 heterocycles. The van der Waals surface area contributed by atoms with Gasteiger partial charge in [-0.05, 0) is 126 Å². The van der Waals surface area contributed by atoms with Crippen LogP contribution in [0.25, 0.3) is 0 Å². The van der Waals surface area contributed by atoms with E-state index in [1.807, 2.05) is 0 Å². The van der Waals surface area contributed by atoms with Crippen LogP contribution in [-0.4, -0.2) is 0 Å². The summed E-state index contributed by atoms with van der Waals surface area (Å²) >= 11 is 0. The van der Waals surface area contributed by atoms with Crippen molar-refractivity contribution in [2.24, 2.45) is 56.2 Å². The SMILES string of the molecule is Cc1ccc([C@]2(C(C)(C)C)CCCC[C]2[C@]2(C3CCCCC3C(C)(C)C)CCCCC2(C2CCCCC2C(C)(C)C)C(C)(C)C)cc1. The van der Waals surface area contributed by atoms with Crippen molar-refractivity contribution in [3.8, 4) is 0 Å². The van der Waals surface area contributed by atoms with Gasteiger partial charge in [-0.15, -0.1) is 0 Å². The lowest BCUT2D eigenvalue weighted by Gasteiger charge is -2.75. The summed E-state index contributed by atoms with van der Waals surface area (Å²) in [6, 6.07) is 10.1. The van der Waals surface area contributed by atoms with E-state index in [1.165, 1.54) is 108 Å². The van der Waals surface area contributed by atoms with Crippen molar-refractivity contribution in [1.82, 2.24) is 0 Å². The molecule has 0 aromatic heterocycles. The summed E-state index contributed by atoms with van der Waals surface area (Å²) in [5.74, 6) is 5.24. The Bertz CT molecular complexity index is 1170. The lowest BCUT2D eigenvalue weighted by molar-refractivity contribution is -0.222. The molecule has 5 unspecified atom stereocenters. The van der Waals surface area contributed by atoms with E-state index in [0.29, 0.717) is 16.2 Å². The fraction of sp³-hybridized carbons (Fsp3) is 0.851. The Balaban J connectivity index is 1.93. The van der Waals surface area contributed by atoms with Crippen molar-refractivity contribution in [2.45, 2.75) is 198 Å². The normalized spacial score (nSPS) is 37.1. The molecule has 0 bridgehead atoms. The first kappa shape index (κ1) is 37.5. The van der Waals surface area contributed by atoms with E-state index in [9.17, 15) is 0 Å². The average molecular weight is 644 g/mol. The highest BCUT2D eigenvalue weighted by Gasteiger charge is 2.73. The van der Waals surface area contributed by atoms with Crippen LogP contribution in [0.15, 0.2) is 24.3 Å².